The van der Waals surface area contributed by atoms with E-state index < -0.39 is 0 Å². The van der Waals surface area contributed by atoms with Gasteiger partial charge in [-0.1, -0.05) is 34.5 Å². The molecule has 102 valence electrons. The van der Waals surface area contributed by atoms with Gasteiger partial charge in [0, 0.05) is 17.2 Å². The molecule has 5 heteroatoms. The SMILES string of the molecule is CCc1cc(Br)ccc1NCc1c(Cl)c(C)nn1C. The fourth-order valence-electron chi connectivity index (χ4n) is 2.08. The van der Waals surface area contributed by atoms with Gasteiger partial charge in [0.15, 0.2) is 0 Å². The van der Waals surface area contributed by atoms with E-state index in [4.69, 9.17) is 11.6 Å². The first kappa shape index (κ1) is 14.4. The van der Waals surface area contributed by atoms with Gasteiger partial charge in [0.1, 0.15) is 0 Å². The summed E-state index contributed by atoms with van der Waals surface area (Å²) in [5, 5.41) is 8.49. The normalized spacial score (nSPS) is 10.8. The smallest absolute Gasteiger partial charge is 0.0865 e. The number of nitrogens with one attached hydrogen (secondary N) is 1. The van der Waals surface area contributed by atoms with E-state index in [0.717, 1.165) is 33.0 Å². The highest BCUT2D eigenvalue weighted by Crippen LogP contribution is 2.24. The van der Waals surface area contributed by atoms with Gasteiger partial charge in [-0.05, 0) is 37.1 Å². The van der Waals surface area contributed by atoms with Crippen molar-refractivity contribution in [3.05, 3.63) is 44.6 Å². The van der Waals surface area contributed by atoms with Crippen LogP contribution in [0.4, 0.5) is 5.69 Å². The zero-order valence-corrected chi connectivity index (χ0v) is 13.6. The maximum Gasteiger partial charge on any atom is 0.0865 e. The fourth-order valence-corrected chi connectivity index (χ4v) is 2.71. The number of aromatic nitrogens is 2. The lowest BCUT2D eigenvalue weighted by atomic mass is 10.1. The Labute approximate surface area is 127 Å². The Bertz CT molecular complexity index is 593. The van der Waals surface area contributed by atoms with Crippen LogP contribution in [-0.4, -0.2) is 9.78 Å². The molecule has 1 aromatic carbocycles. The molecule has 0 saturated heterocycles. The van der Waals surface area contributed by atoms with Crippen LogP contribution in [0.1, 0.15) is 23.9 Å². The summed E-state index contributed by atoms with van der Waals surface area (Å²) in [4.78, 5) is 0. The van der Waals surface area contributed by atoms with Crippen molar-refractivity contribution in [3.8, 4) is 0 Å². The second kappa shape index (κ2) is 5.97. The van der Waals surface area contributed by atoms with Crippen molar-refractivity contribution in [2.45, 2.75) is 26.8 Å². The number of halogens is 2. The molecular weight excluding hydrogens is 326 g/mol. The molecule has 1 N–H and O–H groups in total. The van der Waals surface area contributed by atoms with Crippen molar-refractivity contribution in [2.24, 2.45) is 7.05 Å². The third-order valence-electron chi connectivity index (χ3n) is 3.16. The minimum absolute atomic E-state index is 0.671. The van der Waals surface area contributed by atoms with Crippen molar-refractivity contribution in [2.75, 3.05) is 5.32 Å². The predicted molar refractivity (Wildman–Crippen MR) is 83.8 cm³/mol. The van der Waals surface area contributed by atoms with Crippen LogP contribution >= 0.6 is 27.5 Å². The quantitative estimate of drug-likeness (QED) is 0.897. The zero-order chi connectivity index (χ0) is 14.0. The molecule has 1 heterocycles. The van der Waals surface area contributed by atoms with E-state index in [1.54, 1.807) is 0 Å². The minimum Gasteiger partial charge on any atom is -0.379 e. The molecular formula is C14H17BrClN3. The van der Waals surface area contributed by atoms with Gasteiger partial charge in [0.05, 0.1) is 23.0 Å². The Kier molecular flexibility index (Phi) is 4.53. The topological polar surface area (TPSA) is 29.9 Å². The molecule has 0 atom stereocenters. The highest BCUT2D eigenvalue weighted by molar-refractivity contribution is 9.10. The summed E-state index contributed by atoms with van der Waals surface area (Å²) >= 11 is 9.75. The third kappa shape index (κ3) is 3.12. The van der Waals surface area contributed by atoms with Crippen molar-refractivity contribution in [1.29, 1.82) is 0 Å². The molecule has 1 aromatic heterocycles. The molecule has 0 amide bonds. The van der Waals surface area contributed by atoms with E-state index in [1.165, 1.54) is 5.56 Å². The predicted octanol–water partition coefficient (Wildman–Crippen LogP) is 4.32. The van der Waals surface area contributed by atoms with Gasteiger partial charge in [-0.15, -0.1) is 0 Å². The Hall–Kier alpha value is -1.00. The summed E-state index contributed by atoms with van der Waals surface area (Å²) in [5.74, 6) is 0. The zero-order valence-electron chi connectivity index (χ0n) is 11.3. The molecule has 0 aliphatic rings. The van der Waals surface area contributed by atoms with E-state index in [9.17, 15) is 0 Å². The van der Waals surface area contributed by atoms with Crippen molar-refractivity contribution in [3.63, 3.8) is 0 Å². The minimum atomic E-state index is 0.671. The maximum absolute atomic E-state index is 6.25. The molecule has 0 radical (unpaired) electrons. The monoisotopic (exact) mass is 341 g/mol. The summed E-state index contributed by atoms with van der Waals surface area (Å²) < 4.78 is 2.93. The van der Waals surface area contributed by atoms with Gasteiger partial charge < -0.3 is 5.32 Å². The Morgan fingerprint density at radius 3 is 2.74 bits per heavy atom. The van der Waals surface area contributed by atoms with Crippen LogP contribution in [0.5, 0.6) is 0 Å². The first-order valence-electron chi connectivity index (χ1n) is 6.23. The van der Waals surface area contributed by atoms with Crippen molar-refractivity contribution < 1.29 is 0 Å². The molecule has 0 aliphatic heterocycles. The van der Waals surface area contributed by atoms with Crippen LogP contribution in [0.3, 0.4) is 0 Å². The van der Waals surface area contributed by atoms with Gasteiger partial charge in [-0.3, -0.25) is 4.68 Å². The number of benzene rings is 1. The summed E-state index contributed by atoms with van der Waals surface area (Å²) in [5.41, 5.74) is 4.29. The number of rotatable bonds is 4. The van der Waals surface area contributed by atoms with E-state index in [0.29, 0.717) is 6.54 Å². The van der Waals surface area contributed by atoms with Crippen molar-refractivity contribution in [1.82, 2.24) is 9.78 Å². The number of hydrogen-bond acceptors (Lipinski definition) is 2. The Balaban J connectivity index is 2.19. The molecule has 19 heavy (non-hydrogen) atoms. The second-order valence-corrected chi connectivity index (χ2v) is 5.77. The lowest BCUT2D eigenvalue weighted by molar-refractivity contribution is 0.713. The molecule has 0 spiro atoms. The standard InChI is InChI=1S/C14H17BrClN3/c1-4-10-7-11(15)5-6-12(10)17-8-13-14(16)9(2)18-19(13)3/h5-7,17H,4,8H2,1-3H3. The van der Waals surface area contributed by atoms with Crippen LogP contribution in [0, 0.1) is 6.92 Å². The van der Waals surface area contributed by atoms with Crippen LogP contribution in [0.25, 0.3) is 0 Å². The summed E-state index contributed by atoms with van der Waals surface area (Å²) in [6.45, 7) is 4.74. The first-order chi connectivity index (χ1) is 9.02. The average Bonchev–Trinajstić information content (AvgIpc) is 2.62. The highest BCUT2D eigenvalue weighted by Gasteiger charge is 2.11. The number of hydrogen-bond donors (Lipinski definition) is 1. The summed E-state index contributed by atoms with van der Waals surface area (Å²) in [6.07, 6.45) is 0.986. The summed E-state index contributed by atoms with van der Waals surface area (Å²) in [6, 6.07) is 6.26. The number of nitrogens with zero attached hydrogens (tertiary/aromatic N) is 2. The van der Waals surface area contributed by atoms with Gasteiger partial charge in [-0.25, -0.2) is 0 Å². The molecule has 3 nitrogen and oxygen atoms in total. The summed E-state index contributed by atoms with van der Waals surface area (Å²) in [7, 11) is 1.91. The van der Waals surface area contributed by atoms with Gasteiger partial charge in [0.25, 0.3) is 0 Å². The van der Waals surface area contributed by atoms with E-state index in [2.05, 4.69) is 45.4 Å². The Morgan fingerprint density at radius 2 is 2.16 bits per heavy atom. The molecule has 0 fully saturated rings. The molecule has 0 aliphatic carbocycles. The molecule has 0 bridgehead atoms. The van der Waals surface area contributed by atoms with Crippen LogP contribution < -0.4 is 5.32 Å². The fraction of sp³-hybridized carbons (Fsp3) is 0.357. The molecule has 2 rings (SSSR count). The lowest BCUT2D eigenvalue weighted by Gasteiger charge is -2.12. The van der Waals surface area contributed by atoms with Crippen molar-refractivity contribution >= 4 is 33.2 Å². The Morgan fingerprint density at radius 1 is 1.42 bits per heavy atom. The maximum atomic E-state index is 6.25. The molecule has 0 unspecified atom stereocenters. The van der Waals surface area contributed by atoms with Gasteiger partial charge in [-0.2, -0.15) is 5.10 Å². The second-order valence-electron chi connectivity index (χ2n) is 4.48. The van der Waals surface area contributed by atoms with Crippen LogP contribution in [0.15, 0.2) is 22.7 Å². The average molecular weight is 343 g/mol. The van der Waals surface area contributed by atoms with Crippen LogP contribution in [0.2, 0.25) is 5.02 Å². The highest BCUT2D eigenvalue weighted by atomic mass is 79.9. The third-order valence-corrected chi connectivity index (χ3v) is 4.14. The number of aryl methyl sites for hydroxylation is 3. The van der Waals surface area contributed by atoms with Crippen LogP contribution in [-0.2, 0) is 20.0 Å². The van der Waals surface area contributed by atoms with Gasteiger partial charge in [0.2, 0.25) is 0 Å². The molecule has 0 saturated carbocycles. The van der Waals surface area contributed by atoms with E-state index >= 15 is 0 Å². The lowest BCUT2D eigenvalue weighted by Crippen LogP contribution is -2.07. The van der Waals surface area contributed by atoms with E-state index in [-0.39, 0.29) is 0 Å². The van der Waals surface area contributed by atoms with Gasteiger partial charge >= 0.3 is 0 Å². The number of anilines is 1. The molecule has 2 aromatic rings. The largest absolute Gasteiger partial charge is 0.379 e. The van der Waals surface area contributed by atoms with E-state index in [1.807, 2.05) is 24.7 Å². The first-order valence-corrected chi connectivity index (χ1v) is 7.40.